The van der Waals surface area contributed by atoms with E-state index < -0.39 is 0 Å². The minimum absolute atomic E-state index is 0.0400. The summed E-state index contributed by atoms with van der Waals surface area (Å²) < 4.78 is 5.27. The van der Waals surface area contributed by atoms with Gasteiger partial charge in [-0.25, -0.2) is 4.98 Å². The number of hydrogen-bond donors (Lipinski definition) is 2. The monoisotopic (exact) mass is 479 g/mol. The molecule has 2 fully saturated rings. The van der Waals surface area contributed by atoms with Crippen molar-refractivity contribution in [3.63, 3.8) is 0 Å². The van der Waals surface area contributed by atoms with Gasteiger partial charge in [0.25, 0.3) is 5.56 Å². The van der Waals surface area contributed by atoms with E-state index >= 15 is 0 Å². The highest BCUT2D eigenvalue weighted by molar-refractivity contribution is 5.87. The Bertz CT molecular complexity index is 1090. The number of hydrogen-bond acceptors (Lipinski definition) is 6. The van der Waals surface area contributed by atoms with Gasteiger partial charge in [-0.3, -0.25) is 9.59 Å². The Kier molecular flexibility index (Phi) is 8.23. The van der Waals surface area contributed by atoms with Crippen molar-refractivity contribution in [1.82, 2.24) is 20.2 Å². The number of carbonyl (C=O) groups excluding carboxylic acids is 1. The molecule has 0 radical (unpaired) electrons. The smallest absolute Gasteiger partial charge is 0.271 e. The molecule has 1 amide bonds. The van der Waals surface area contributed by atoms with Crippen LogP contribution in [0.3, 0.4) is 0 Å². The highest BCUT2D eigenvalue weighted by Gasteiger charge is 2.33. The molecule has 0 bridgehead atoms. The number of anilines is 1. The maximum absolute atomic E-state index is 13.0. The van der Waals surface area contributed by atoms with Crippen LogP contribution in [0.4, 0.5) is 5.69 Å². The summed E-state index contributed by atoms with van der Waals surface area (Å²) in [5.41, 5.74) is 2.41. The van der Waals surface area contributed by atoms with Crippen LogP contribution in [0, 0.1) is 5.92 Å². The van der Waals surface area contributed by atoms with Crippen molar-refractivity contribution in [2.75, 3.05) is 38.2 Å². The molecule has 2 aromatic heterocycles. The summed E-state index contributed by atoms with van der Waals surface area (Å²) in [4.78, 5) is 37.2. The van der Waals surface area contributed by atoms with Gasteiger partial charge in [0.05, 0.1) is 7.11 Å². The first kappa shape index (κ1) is 25.0. The molecular formula is C27H37N5O3. The van der Waals surface area contributed by atoms with Gasteiger partial charge >= 0.3 is 0 Å². The molecule has 1 aliphatic heterocycles. The number of aromatic nitrogens is 2. The van der Waals surface area contributed by atoms with Gasteiger partial charge < -0.3 is 24.8 Å². The highest BCUT2D eigenvalue weighted by Crippen LogP contribution is 2.34. The number of piperidine rings is 1. The normalized spacial score (nSPS) is 18.3. The molecule has 8 nitrogen and oxygen atoms in total. The van der Waals surface area contributed by atoms with Gasteiger partial charge in [0.2, 0.25) is 11.8 Å². The van der Waals surface area contributed by atoms with E-state index in [1.807, 2.05) is 29.2 Å². The van der Waals surface area contributed by atoms with Crippen molar-refractivity contribution in [3.8, 4) is 17.0 Å². The Balaban J connectivity index is 1.55. The number of likely N-dealkylation sites (tertiary alicyclic amines) is 1. The summed E-state index contributed by atoms with van der Waals surface area (Å²) in [6, 6.07) is 6.23. The van der Waals surface area contributed by atoms with Gasteiger partial charge in [-0.15, -0.1) is 0 Å². The van der Waals surface area contributed by atoms with Crippen LogP contribution in [0.2, 0.25) is 0 Å². The minimum Gasteiger partial charge on any atom is -0.481 e. The lowest BCUT2D eigenvalue weighted by Gasteiger charge is -2.40. The Labute approximate surface area is 207 Å². The number of amides is 1. The second kappa shape index (κ2) is 11.5. The molecule has 1 saturated heterocycles. The van der Waals surface area contributed by atoms with Crippen LogP contribution in [0.15, 0.2) is 47.5 Å². The van der Waals surface area contributed by atoms with E-state index in [4.69, 9.17) is 4.74 Å². The van der Waals surface area contributed by atoms with Crippen LogP contribution in [-0.4, -0.2) is 66.1 Å². The maximum atomic E-state index is 13.0. The van der Waals surface area contributed by atoms with E-state index in [0.717, 1.165) is 37.1 Å². The average molecular weight is 480 g/mol. The third kappa shape index (κ3) is 6.72. The van der Waals surface area contributed by atoms with Crippen LogP contribution in [0.1, 0.15) is 39.5 Å². The molecule has 3 heterocycles. The van der Waals surface area contributed by atoms with Gasteiger partial charge in [-0.2, -0.15) is 0 Å². The van der Waals surface area contributed by atoms with Gasteiger partial charge in [-0.05, 0) is 49.3 Å². The molecule has 1 saturated carbocycles. The molecule has 4 rings (SSSR count). The van der Waals surface area contributed by atoms with E-state index in [1.165, 1.54) is 12.8 Å². The molecule has 188 valence electrons. The molecule has 0 spiro atoms. The number of pyridine rings is 2. The quantitative estimate of drug-likeness (QED) is 0.509. The zero-order valence-electron chi connectivity index (χ0n) is 21.0. The average Bonchev–Trinajstić information content (AvgIpc) is 3.70. The van der Waals surface area contributed by atoms with Crippen LogP contribution < -0.4 is 20.5 Å². The van der Waals surface area contributed by atoms with E-state index in [0.29, 0.717) is 36.6 Å². The summed E-state index contributed by atoms with van der Waals surface area (Å²) in [5.74, 6) is 1.17. The molecule has 2 aliphatic rings. The van der Waals surface area contributed by atoms with Gasteiger partial charge in [0.1, 0.15) is 5.69 Å². The number of aromatic amines is 1. The topological polar surface area (TPSA) is 90.6 Å². The molecule has 1 atom stereocenters. The summed E-state index contributed by atoms with van der Waals surface area (Å²) >= 11 is 0. The minimum atomic E-state index is -0.0986. The number of rotatable bonds is 10. The first-order valence-electron chi connectivity index (χ1n) is 12.6. The van der Waals surface area contributed by atoms with Crippen LogP contribution in [-0.2, 0) is 4.79 Å². The molecule has 2 N–H and O–H groups in total. The number of carbonyl (C=O) groups is 1. The molecule has 0 aromatic carbocycles. The molecular weight excluding hydrogens is 442 g/mol. The summed E-state index contributed by atoms with van der Waals surface area (Å²) in [6.45, 7) is 7.06. The summed E-state index contributed by atoms with van der Waals surface area (Å²) in [7, 11) is 1.59. The number of ether oxygens (including phenoxy) is 1. The Morgan fingerprint density at radius 1 is 1.31 bits per heavy atom. The predicted octanol–water partition coefficient (Wildman–Crippen LogP) is 3.21. The maximum Gasteiger partial charge on any atom is 0.271 e. The number of nitrogens with zero attached hydrogens (tertiary/aromatic N) is 3. The largest absolute Gasteiger partial charge is 0.481 e. The number of nitrogens with one attached hydrogen (secondary N) is 2. The van der Waals surface area contributed by atoms with E-state index in [-0.39, 0.29) is 17.5 Å². The Hall–Kier alpha value is -3.13. The van der Waals surface area contributed by atoms with Gasteiger partial charge in [0, 0.05) is 68.4 Å². The number of methoxy groups -OCH3 is 1. The third-order valence-electron chi connectivity index (χ3n) is 6.68. The van der Waals surface area contributed by atoms with Crippen molar-refractivity contribution >= 4 is 11.6 Å². The zero-order chi connectivity index (χ0) is 24.8. The van der Waals surface area contributed by atoms with Crippen molar-refractivity contribution in [2.24, 2.45) is 5.92 Å². The lowest BCUT2D eigenvalue weighted by molar-refractivity contribution is -0.127. The fourth-order valence-electron chi connectivity index (χ4n) is 4.55. The van der Waals surface area contributed by atoms with E-state index in [2.05, 4.69) is 34.0 Å². The second-order valence-corrected chi connectivity index (χ2v) is 9.83. The lowest BCUT2D eigenvalue weighted by atomic mass is 10.0. The summed E-state index contributed by atoms with van der Waals surface area (Å²) in [5, 5.41) is 3.30. The molecule has 8 heteroatoms. The lowest BCUT2D eigenvalue weighted by Crippen LogP contribution is -2.51. The standard InChI is InChI=1S/C27H37N5O3/c1-19(2)28-11-4-7-26(33)31-13-5-6-23(18-31)32(17-20-8-9-20)24-14-22(16-30-27(24)34)21-10-12-29-25(15-21)35-3/h4,7,10,12,14-16,19-20,23,28H,5-6,8-9,11,13,17-18H2,1-3H3,(H,30,34)/b7-4+/t23-/m0/s1. The van der Waals surface area contributed by atoms with Gasteiger partial charge in [-0.1, -0.05) is 19.9 Å². The molecule has 2 aromatic rings. The van der Waals surface area contributed by atoms with Crippen molar-refractivity contribution in [1.29, 1.82) is 0 Å². The Morgan fingerprint density at radius 2 is 2.14 bits per heavy atom. The van der Waals surface area contributed by atoms with Crippen molar-refractivity contribution in [3.05, 3.63) is 53.1 Å². The van der Waals surface area contributed by atoms with Crippen LogP contribution >= 0.6 is 0 Å². The Morgan fingerprint density at radius 3 is 2.89 bits per heavy atom. The van der Waals surface area contributed by atoms with Crippen molar-refractivity contribution < 1.29 is 9.53 Å². The molecule has 35 heavy (non-hydrogen) atoms. The molecule has 1 aliphatic carbocycles. The fraction of sp³-hybridized carbons (Fsp3) is 0.519. The van der Waals surface area contributed by atoms with Gasteiger partial charge in [0.15, 0.2) is 0 Å². The fourth-order valence-corrected chi connectivity index (χ4v) is 4.55. The van der Waals surface area contributed by atoms with Crippen molar-refractivity contribution in [2.45, 2.75) is 51.6 Å². The van der Waals surface area contributed by atoms with Crippen LogP contribution in [0.25, 0.3) is 11.1 Å². The van der Waals surface area contributed by atoms with E-state index in [9.17, 15) is 9.59 Å². The second-order valence-electron chi connectivity index (χ2n) is 9.83. The third-order valence-corrected chi connectivity index (χ3v) is 6.68. The SMILES string of the molecule is COc1cc(-c2c[nH]c(=O)c(N(CC3CC3)[C@H]3CCCN(C(=O)/C=C/CNC(C)C)C3)c2)ccn1. The predicted molar refractivity (Wildman–Crippen MR) is 139 cm³/mol. The number of H-pyrrole nitrogens is 1. The zero-order valence-corrected chi connectivity index (χ0v) is 21.0. The summed E-state index contributed by atoms with van der Waals surface area (Å²) in [6.07, 6.45) is 11.3. The van der Waals surface area contributed by atoms with Crippen LogP contribution in [0.5, 0.6) is 5.88 Å². The highest BCUT2D eigenvalue weighted by atomic mass is 16.5. The van der Waals surface area contributed by atoms with E-state index in [1.54, 1.807) is 25.6 Å². The molecule has 0 unspecified atom stereocenters. The first-order valence-corrected chi connectivity index (χ1v) is 12.6. The first-order chi connectivity index (χ1) is 16.9.